The highest BCUT2D eigenvalue weighted by Gasteiger charge is 2.36. The highest BCUT2D eigenvalue weighted by Crippen LogP contribution is 2.36. The van der Waals surface area contributed by atoms with Gasteiger partial charge in [-0.2, -0.15) is 18.3 Å². The summed E-state index contributed by atoms with van der Waals surface area (Å²) in [5, 5.41) is 3.46. The Morgan fingerprint density at radius 1 is 1.25 bits per heavy atom. The van der Waals surface area contributed by atoms with Gasteiger partial charge >= 0.3 is 6.18 Å². The van der Waals surface area contributed by atoms with Crippen LogP contribution in [0.1, 0.15) is 18.5 Å². The van der Waals surface area contributed by atoms with Gasteiger partial charge in [-0.1, -0.05) is 0 Å². The van der Waals surface area contributed by atoms with Gasteiger partial charge in [0.15, 0.2) is 5.69 Å². The molecule has 0 spiro atoms. The first-order valence-corrected chi connectivity index (χ1v) is 7.97. The number of alkyl halides is 3. The van der Waals surface area contributed by atoms with Crippen LogP contribution in [0.3, 0.4) is 0 Å². The summed E-state index contributed by atoms with van der Waals surface area (Å²) in [5.74, 6) is 1.14. The Hall–Kier alpha value is -0.990. The van der Waals surface area contributed by atoms with Crippen molar-refractivity contribution < 1.29 is 22.6 Å². The molecule has 9 heteroatoms. The van der Waals surface area contributed by atoms with Gasteiger partial charge < -0.3 is 9.47 Å². The molecule has 1 aliphatic heterocycles. The number of nitrogens with zero attached hydrogens (tertiary/aromatic N) is 3. The Bertz CT molecular complexity index is 533. The van der Waals surface area contributed by atoms with Gasteiger partial charge in [-0.15, -0.1) is 12.4 Å². The first-order valence-electron chi connectivity index (χ1n) is 7.97. The van der Waals surface area contributed by atoms with Crippen molar-refractivity contribution in [2.75, 3.05) is 39.5 Å². The summed E-state index contributed by atoms with van der Waals surface area (Å²) in [4.78, 5) is 2.39. The maximum absolute atomic E-state index is 12.6. The number of hydrogen-bond donors (Lipinski definition) is 0. The van der Waals surface area contributed by atoms with E-state index in [0.29, 0.717) is 18.4 Å². The molecule has 0 radical (unpaired) electrons. The molecule has 2 atom stereocenters. The van der Waals surface area contributed by atoms with Gasteiger partial charge in [0, 0.05) is 32.7 Å². The van der Waals surface area contributed by atoms with Gasteiger partial charge in [0.25, 0.3) is 0 Å². The van der Waals surface area contributed by atoms with E-state index in [2.05, 4.69) is 10.00 Å². The molecule has 1 aromatic heterocycles. The molecule has 2 aliphatic rings. The van der Waals surface area contributed by atoms with Gasteiger partial charge in [-0.25, -0.2) is 4.68 Å². The highest BCUT2D eigenvalue weighted by molar-refractivity contribution is 5.85. The van der Waals surface area contributed by atoms with E-state index in [1.54, 1.807) is 0 Å². The highest BCUT2D eigenvalue weighted by atomic mass is 35.5. The fourth-order valence-corrected chi connectivity index (χ4v) is 3.13. The molecule has 24 heavy (non-hydrogen) atoms. The SMILES string of the molecule is Cl.Cn1nc(C(F)(F)F)cc1OC[C@@H]1CC[C@@H]1CN1CCOCC1. The van der Waals surface area contributed by atoms with Crippen molar-refractivity contribution in [3.05, 3.63) is 11.8 Å². The van der Waals surface area contributed by atoms with E-state index in [-0.39, 0.29) is 18.3 Å². The van der Waals surface area contributed by atoms with Crippen molar-refractivity contribution >= 4 is 12.4 Å². The first-order chi connectivity index (χ1) is 10.9. The van der Waals surface area contributed by atoms with Crippen molar-refractivity contribution in [3.63, 3.8) is 0 Å². The van der Waals surface area contributed by atoms with Gasteiger partial charge in [0.2, 0.25) is 5.88 Å². The molecule has 2 heterocycles. The summed E-state index contributed by atoms with van der Waals surface area (Å²) in [5.41, 5.74) is -0.909. The smallest absolute Gasteiger partial charge is 0.435 e. The average Bonchev–Trinajstić information content (AvgIpc) is 2.86. The van der Waals surface area contributed by atoms with Gasteiger partial charge in [0.1, 0.15) is 0 Å². The zero-order valence-corrected chi connectivity index (χ0v) is 14.4. The third-order valence-corrected chi connectivity index (χ3v) is 4.74. The van der Waals surface area contributed by atoms with Crippen LogP contribution < -0.4 is 4.74 Å². The normalized spacial score (nSPS) is 25.0. The minimum atomic E-state index is -4.44. The molecule has 0 amide bonds. The molecule has 3 rings (SSSR count). The molecule has 5 nitrogen and oxygen atoms in total. The molecule has 2 fully saturated rings. The standard InChI is InChI=1S/C15H22F3N3O2.ClH/c1-20-14(8-13(19-20)15(16,17)18)23-10-12-3-2-11(12)9-21-4-6-22-7-5-21;/h8,11-12H,2-7,9-10H2,1H3;1H/t11-,12+;/m1./s1. The van der Waals surface area contributed by atoms with Crippen LogP contribution in [0.5, 0.6) is 5.88 Å². The van der Waals surface area contributed by atoms with Gasteiger partial charge in [-0.3, -0.25) is 4.90 Å². The molecule has 138 valence electrons. The third kappa shape index (κ3) is 4.55. The summed E-state index contributed by atoms with van der Waals surface area (Å²) in [6.45, 7) is 4.95. The van der Waals surface area contributed by atoms with Crippen molar-refractivity contribution in [2.24, 2.45) is 18.9 Å². The molecule has 0 N–H and O–H groups in total. The fourth-order valence-electron chi connectivity index (χ4n) is 3.13. The van der Waals surface area contributed by atoms with Crippen molar-refractivity contribution in [1.82, 2.24) is 14.7 Å². The van der Waals surface area contributed by atoms with E-state index < -0.39 is 11.9 Å². The topological polar surface area (TPSA) is 39.5 Å². The number of ether oxygens (including phenoxy) is 2. The lowest BCUT2D eigenvalue weighted by Crippen LogP contribution is -2.44. The van der Waals surface area contributed by atoms with Gasteiger partial charge in [0.05, 0.1) is 19.8 Å². The van der Waals surface area contributed by atoms with Crippen LogP contribution >= 0.6 is 12.4 Å². The Kier molecular flexibility index (Phi) is 6.39. The molecular formula is C15H23ClF3N3O2. The van der Waals surface area contributed by atoms with E-state index in [9.17, 15) is 13.2 Å². The quantitative estimate of drug-likeness (QED) is 0.800. The number of aryl methyl sites for hydroxylation is 1. The Morgan fingerprint density at radius 2 is 1.92 bits per heavy atom. The molecule has 0 bridgehead atoms. The molecular weight excluding hydrogens is 347 g/mol. The Morgan fingerprint density at radius 3 is 2.46 bits per heavy atom. The van der Waals surface area contributed by atoms with Gasteiger partial charge in [-0.05, 0) is 24.7 Å². The summed E-state index contributed by atoms with van der Waals surface area (Å²) in [6.07, 6.45) is -2.21. The van der Waals surface area contributed by atoms with Crippen LogP contribution in [0.4, 0.5) is 13.2 Å². The lowest BCUT2D eigenvalue weighted by Gasteiger charge is -2.40. The number of hydrogen-bond acceptors (Lipinski definition) is 4. The van der Waals surface area contributed by atoms with E-state index in [1.807, 2.05) is 0 Å². The Labute approximate surface area is 145 Å². The van der Waals surface area contributed by atoms with Crippen LogP contribution in [-0.2, 0) is 18.0 Å². The third-order valence-electron chi connectivity index (χ3n) is 4.74. The Balaban J connectivity index is 0.00000208. The second-order valence-corrected chi connectivity index (χ2v) is 6.31. The van der Waals surface area contributed by atoms with Crippen LogP contribution in [0, 0.1) is 11.8 Å². The van der Waals surface area contributed by atoms with Crippen molar-refractivity contribution in [1.29, 1.82) is 0 Å². The van der Waals surface area contributed by atoms with E-state index >= 15 is 0 Å². The summed E-state index contributed by atoms with van der Waals surface area (Å²) >= 11 is 0. The van der Waals surface area contributed by atoms with Crippen LogP contribution in [0.25, 0.3) is 0 Å². The van der Waals surface area contributed by atoms with Crippen molar-refractivity contribution in [3.8, 4) is 5.88 Å². The van der Waals surface area contributed by atoms with Crippen LogP contribution in [0.15, 0.2) is 6.07 Å². The second kappa shape index (κ2) is 7.93. The van der Waals surface area contributed by atoms with Crippen LogP contribution in [-0.4, -0.2) is 54.1 Å². The number of rotatable bonds is 5. The fraction of sp³-hybridized carbons (Fsp3) is 0.800. The minimum absolute atomic E-state index is 0. The summed E-state index contributed by atoms with van der Waals surface area (Å²) in [7, 11) is 1.47. The predicted molar refractivity (Wildman–Crippen MR) is 84.4 cm³/mol. The summed E-state index contributed by atoms with van der Waals surface area (Å²) < 4.78 is 50.0. The lowest BCUT2D eigenvalue weighted by molar-refractivity contribution is -0.141. The van der Waals surface area contributed by atoms with Crippen LogP contribution in [0.2, 0.25) is 0 Å². The molecule has 1 saturated heterocycles. The molecule has 1 aromatic rings. The number of halogens is 4. The zero-order chi connectivity index (χ0) is 16.4. The maximum Gasteiger partial charge on any atom is 0.435 e. The zero-order valence-electron chi connectivity index (χ0n) is 13.6. The van der Waals surface area contributed by atoms with E-state index in [4.69, 9.17) is 9.47 Å². The average molecular weight is 370 g/mol. The molecule has 0 aromatic carbocycles. The number of aromatic nitrogens is 2. The monoisotopic (exact) mass is 369 g/mol. The summed E-state index contributed by atoms with van der Waals surface area (Å²) in [6, 6.07) is 0.968. The van der Waals surface area contributed by atoms with E-state index in [0.717, 1.165) is 56.4 Å². The van der Waals surface area contributed by atoms with Crippen molar-refractivity contribution in [2.45, 2.75) is 19.0 Å². The lowest BCUT2D eigenvalue weighted by atomic mass is 9.74. The molecule has 1 aliphatic carbocycles. The van der Waals surface area contributed by atoms with E-state index in [1.165, 1.54) is 7.05 Å². The molecule has 1 saturated carbocycles. The second-order valence-electron chi connectivity index (χ2n) is 6.31. The first kappa shape index (κ1) is 19.3. The maximum atomic E-state index is 12.6. The predicted octanol–water partition coefficient (Wildman–Crippen LogP) is 2.60. The largest absolute Gasteiger partial charge is 0.478 e. The minimum Gasteiger partial charge on any atom is -0.478 e. The number of morpholine rings is 1. The molecule has 0 unspecified atom stereocenters.